The average molecular weight is 172 g/mol. The zero-order chi connectivity index (χ0) is 9.03. The first kappa shape index (κ1) is 9.68. The first-order valence-electron chi connectivity index (χ1n) is 4.46. The monoisotopic (exact) mass is 172 g/mol. The molecule has 0 aliphatic carbocycles. The van der Waals surface area contributed by atoms with Crippen LogP contribution in [0.25, 0.3) is 0 Å². The van der Waals surface area contributed by atoms with E-state index in [1.165, 1.54) is 0 Å². The second kappa shape index (κ2) is 4.01. The fourth-order valence-corrected chi connectivity index (χ4v) is 1.63. The van der Waals surface area contributed by atoms with Crippen LogP contribution in [0.5, 0.6) is 0 Å². The highest BCUT2D eigenvalue weighted by molar-refractivity contribution is 5.49. The molecule has 0 aromatic carbocycles. The Labute approximate surface area is 73.0 Å². The molecule has 1 rings (SSSR count). The minimum atomic E-state index is -0.485. The fourth-order valence-electron chi connectivity index (χ4n) is 1.63. The molecule has 70 valence electrons. The lowest BCUT2D eigenvalue weighted by atomic mass is 9.95. The molecule has 0 radical (unpaired) electrons. The van der Waals surface area contributed by atoms with E-state index >= 15 is 0 Å². The van der Waals surface area contributed by atoms with Gasteiger partial charge in [0.25, 0.3) is 0 Å². The summed E-state index contributed by atoms with van der Waals surface area (Å²) in [6.45, 7) is 5.31. The third-order valence-corrected chi connectivity index (χ3v) is 2.47. The van der Waals surface area contributed by atoms with Gasteiger partial charge >= 0.3 is 0 Å². The Hall–Kier alpha value is -0.410. The van der Waals surface area contributed by atoms with Crippen molar-refractivity contribution in [2.75, 3.05) is 13.2 Å². The Bertz CT molecular complexity index is 150. The summed E-state index contributed by atoms with van der Waals surface area (Å²) in [6.07, 6.45) is 2.24. The lowest BCUT2D eigenvalue weighted by Crippen LogP contribution is -2.37. The summed E-state index contributed by atoms with van der Waals surface area (Å²) < 4.78 is 11.0. The smallest absolute Gasteiger partial charge is 0.171 e. The van der Waals surface area contributed by atoms with Gasteiger partial charge in [0.05, 0.1) is 13.2 Å². The first-order chi connectivity index (χ1) is 5.75. The molecular weight excluding hydrogens is 156 g/mol. The van der Waals surface area contributed by atoms with Crippen molar-refractivity contribution in [3.63, 3.8) is 0 Å². The minimum Gasteiger partial charge on any atom is -0.347 e. The number of ether oxygens (including phenoxy) is 2. The van der Waals surface area contributed by atoms with Crippen molar-refractivity contribution in [3.05, 3.63) is 0 Å². The van der Waals surface area contributed by atoms with Crippen LogP contribution < -0.4 is 0 Å². The Morgan fingerprint density at radius 1 is 1.50 bits per heavy atom. The molecule has 1 aliphatic rings. The Morgan fingerprint density at radius 2 is 2.08 bits per heavy atom. The second-order valence-corrected chi connectivity index (χ2v) is 3.17. The molecule has 0 N–H and O–H groups in total. The highest BCUT2D eigenvalue weighted by Gasteiger charge is 2.39. The van der Waals surface area contributed by atoms with E-state index in [0.717, 1.165) is 12.7 Å². The van der Waals surface area contributed by atoms with E-state index in [9.17, 15) is 4.79 Å². The maximum absolute atomic E-state index is 10.3. The molecule has 3 heteroatoms. The third kappa shape index (κ3) is 1.67. The molecule has 1 fully saturated rings. The molecule has 0 aromatic heterocycles. The van der Waals surface area contributed by atoms with Gasteiger partial charge in [-0.2, -0.15) is 0 Å². The van der Waals surface area contributed by atoms with Crippen molar-refractivity contribution < 1.29 is 14.3 Å². The van der Waals surface area contributed by atoms with Gasteiger partial charge in [0.2, 0.25) is 0 Å². The predicted molar refractivity (Wildman–Crippen MR) is 44.8 cm³/mol. The summed E-state index contributed by atoms with van der Waals surface area (Å²) in [5.74, 6) is -0.330. The highest BCUT2D eigenvalue weighted by Crippen LogP contribution is 2.32. The number of aldehydes is 1. The molecule has 1 aliphatic heterocycles. The SMILES string of the molecule is CCC1([C@@H](C)CC=O)OCCO1. The maximum atomic E-state index is 10.3. The lowest BCUT2D eigenvalue weighted by molar-refractivity contribution is -0.194. The molecule has 0 bridgehead atoms. The molecule has 0 saturated carbocycles. The summed E-state index contributed by atoms with van der Waals surface area (Å²) in [5, 5.41) is 0. The van der Waals surface area contributed by atoms with Crippen LogP contribution in [-0.4, -0.2) is 25.3 Å². The Morgan fingerprint density at radius 3 is 2.50 bits per heavy atom. The predicted octanol–water partition coefficient (Wildman–Crippen LogP) is 1.36. The summed E-state index contributed by atoms with van der Waals surface area (Å²) in [6, 6.07) is 0. The molecule has 0 aromatic rings. The van der Waals surface area contributed by atoms with Crippen LogP contribution in [0.15, 0.2) is 0 Å². The molecule has 0 unspecified atom stereocenters. The minimum absolute atomic E-state index is 0.155. The third-order valence-electron chi connectivity index (χ3n) is 2.47. The number of hydrogen-bond donors (Lipinski definition) is 0. The van der Waals surface area contributed by atoms with Crippen LogP contribution in [0, 0.1) is 5.92 Å². The normalized spacial score (nSPS) is 23.8. The topological polar surface area (TPSA) is 35.5 Å². The van der Waals surface area contributed by atoms with E-state index in [4.69, 9.17) is 9.47 Å². The number of carbonyl (C=O) groups is 1. The number of hydrogen-bond acceptors (Lipinski definition) is 3. The van der Waals surface area contributed by atoms with Gasteiger partial charge in [-0.25, -0.2) is 0 Å². The average Bonchev–Trinajstić information content (AvgIpc) is 2.54. The summed E-state index contributed by atoms with van der Waals surface area (Å²) in [7, 11) is 0. The molecule has 0 amide bonds. The number of carbonyl (C=O) groups excluding carboxylic acids is 1. The van der Waals surface area contributed by atoms with Gasteiger partial charge < -0.3 is 14.3 Å². The molecule has 1 saturated heterocycles. The quantitative estimate of drug-likeness (QED) is 0.601. The van der Waals surface area contributed by atoms with Crippen molar-refractivity contribution in [1.82, 2.24) is 0 Å². The van der Waals surface area contributed by atoms with Crippen molar-refractivity contribution in [2.24, 2.45) is 5.92 Å². The van der Waals surface area contributed by atoms with Gasteiger partial charge in [-0.15, -0.1) is 0 Å². The van der Waals surface area contributed by atoms with E-state index in [-0.39, 0.29) is 5.92 Å². The van der Waals surface area contributed by atoms with Gasteiger partial charge in [0, 0.05) is 12.3 Å². The van der Waals surface area contributed by atoms with Gasteiger partial charge in [0.1, 0.15) is 6.29 Å². The molecule has 0 spiro atoms. The molecule has 1 atom stereocenters. The van der Waals surface area contributed by atoms with E-state index in [2.05, 4.69) is 0 Å². The zero-order valence-corrected chi connectivity index (χ0v) is 7.71. The van der Waals surface area contributed by atoms with E-state index in [0.29, 0.717) is 19.6 Å². The Balaban J connectivity index is 2.58. The lowest BCUT2D eigenvalue weighted by Gasteiger charge is -2.31. The van der Waals surface area contributed by atoms with Crippen molar-refractivity contribution in [3.8, 4) is 0 Å². The van der Waals surface area contributed by atoms with Crippen molar-refractivity contribution in [2.45, 2.75) is 32.5 Å². The van der Waals surface area contributed by atoms with E-state index < -0.39 is 5.79 Å². The summed E-state index contributed by atoms with van der Waals surface area (Å²) >= 11 is 0. The van der Waals surface area contributed by atoms with Gasteiger partial charge in [-0.05, 0) is 6.42 Å². The second-order valence-electron chi connectivity index (χ2n) is 3.17. The first-order valence-corrected chi connectivity index (χ1v) is 4.46. The largest absolute Gasteiger partial charge is 0.347 e. The zero-order valence-electron chi connectivity index (χ0n) is 7.71. The molecule has 12 heavy (non-hydrogen) atoms. The standard InChI is InChI=1S/C9H16O3/c1-3-9(8(2)4-5-10)11-6-7-12-9/h5,8H,3-4,6-7H2,1-2H3/t8-/m0/s1. The molecule has 1 heterocycles. The molecule has 3 nitrogen and oxygen atoms in total. The van der Waals surface area contributed by atoms with Crippen LogP contribution >= 0.6 is 0 Å². The number of rotatable bonds is 4. The fraction of sp³-hybridized carbons (Fsp3) is 0.889. The van der Waals surface area contributed by atoms with Crippen molar-refractivity contribution in [1.29, 1.82) is 0 Å². The van der Waals surface area contributed by atoms with Gasteiger partial charge in [0.15, 0.2) is 5.79 Å². The van der Waals surface area contributed by atoms with Gasteiger partial charge in [-0.3, -0.25) is 0 Å². The van der Waals surface area contributed by atoms with Crippen LogP contribution in [0.1, 0.15) is 26.7 Å². The van der Waals surface area contributed by atoms with E-state index in [1.807, 2.05) is 13.8 Å². The van der Waals surface area contributed by atoms with Crippen molar-refractivity contribution >= 4 is 6.29 Å². The van der Waals surface area contributed by atoms with Gasteiger partial charge in [-0.1, -0.05) is 13.8 Å². The van der Waals surface area contributed by atoms with Crippen LogP contribution in [0.4, 0.5) is 0 Å². The summed E-state index contributed by atoms with van der Waals surface area (Å²) in [4.78, 5) is 10.3. The highest BCUT2D eigenvalue weighted by atomic mass is 16.7. The van der Waals surface area contributed by atoms with Crippen LogP contribution in [0.3, 0.4) is 0 Å². The maximum Gasteiger partial charge on any atom is 0.171 e. The van der Waals surface area contributed by atoms with Crippen LogP contribution in [0.2, 0.25) is 0 Å². The Kier molecular flexibility index (Phi) is 3.23. The molecular formula is C9H16O3. The van der Waals surface area contributed by atoms with Crippen LogP contribution in [-0.2, 0) is 14.3 Å². The van der Waals surface area contributed by atoms with E-state index in [1.54, 1.807) is 0 Å². The summed E-state index contributed by atoms with van der Waals surface area (Å²) in [5.41, 5.74) is 0.